The van der Waals surface area contributed by atoms with Gasteiger partial charge in [0.1, 0.15) is 18.0 Å². The predicted octanol–water partition coefficient (Wildman–Crippen LogP) is -0.330. The third-order valence-electron chi connectivity index (χ3n) is 3.22. The Morgan fingerprint density at radius 3 is 2.30 bits per heavy atom. The lowest BCUT2D eigenvalue weighted by Crippen LogP contribution is -3.00. The number of halogens is 4. The van der Waals surface area contributed by atoms with Crippen molar-refractivity contribution in [1.82, 2.24) is 9.78 Å². The molecule has 0 spiro atoms. The standard InChI is InChI=1S/C15H12F3N3O.ClH/c16-15(17,18)22-11-7-5-10(6-8-11)21-14-4-2-1-3-12(14)13(9-19)20-21;/h1-8H,9,19H2;1H. The van der Waals surface area contributed by atoms with Gasteiger partial charge in [-0.05, 0) is 30.3 Å². The van der Waals surface area contributed by atoms with Crippen molar-refractivity contribution >= 4 is 10.9 Å². The molecular weight excluding hydrogens is 331 g/mol. The molecule has 0 aliphatic heterocycles. The van der Waals surface area contributed by atoms with Crippen LogP contribution >= 0.6 is 0 Å². The summed E-state index contributed by atoms with van der Waals surface area (Å²) in [6.45, 7) is 0.531. The number of fused-ring (bicyclic) bond motifs is 1. The van der Waals surface area contributed by atoms with Crippen LogP contribution in [0.1, 0.15) is 5.69 Å². The molecule has 0 bridgehead atoms. The van der Waals surface area contributed by atoms with E-state index in [1.807, 2.05) is 24.3 Å². The summed E-state index contributed by atoms with van der Waals surface area (Å²) in [5.74, 6) is -0.259. The molecule has 3 aromatic rings. The average Bonchev–Trinajstić information content (AvgIpc) is 2.85. The van der Waals surface area contributed by atoms with Crippen molar-refractivity contribution in [2.24, 2.45) is 0 Å². The van der Waals surface area contributed by atoms with Crippen molar-refractivity contribution in [3.63, 3.8) is 0 Å². The number of aromatic nitrogens is 2. The molecule has 3 rings (SSSR count). The molecule has 0 aliphatic carbocycles. The summed E-state index contributed by atoms with van der Waals surface area (Å²) in [5.41, 5.74) is 6.22. The molecule has 1 aromatic heterocycles. The summed E-state index contributed by atoms with van der Waals surface area (Å²) in [7, 11) is 0. The summed E-state index contributed by atoms with van der Waals surface area (Å²) in [6, 6.07) is 13.2. The van der Waals surface area contributed by atoms with Crippen LogP contribution < -0.4 is 22.9 Å². The van der Waals surface area contributed by atoms with E-state index in [4.69, 9.17) is 0 Å². The number of para-hydroxylation sites is 1. The fraction of sp³-hybridized carbons (Fsp3) is 0.133. The Labute approximate surface area is 136 Å². The van der Waals surface area contributed by atoms with Gasteiger partial charge in [0, 0.05) is 5.39 Å². The van der Waals surface area contributed by atoms with Crippen molar-refractivity contribution in [2.75, 3.05) is 0 Å². The highest BCUT2D eigenvalue weighted by atomic mass is 35.5. The maximum Gasteiger partial charge on any atom is 0.573 e. The third-order valence-corrected chi connectivity index (χ3v) is 3.22. The zero-order valence-corrected chi connectivity index (χ0v) is 12.6. The van der Waals surface area contributed by atoms with Gasteiger partial charge in [-0.2, -0.15) is 5.10 Å². The van der Waals surface area contributed by atoms with E-state index in [2.05, 4.69) is 15.6 Å². The van der Waals surface area contributed by atoms with E-state index in [1.165, 1.54) is 24.3 Å². The van der Waals surface area contributed by atoms with E-state index in [9.17, 15) is 13.2 Å². The summed E-state index contributed by atoms with van der Waals surface area (Å²) in [6.07, 6.45) is -4.69. The van der Waals surface area contributed by atoms with Crippen LogP contribution in [0.25, 0.3) is 16.6 Å². The summed E-state index contributed by atoms with van der Waals surface area (Å²) >= 11 is 0. The lowest BCUT2D eigenvalue weighted by atomic mass is 10.2. The molecule has 0 saturated heterocycles. The number of ether oxygens (including phenoxy) is 1. The monoisotopic (exact) mass is 343 g/mol. The molecule has 23 heavy (non-hydrogen) atoms. The smallest absolute Gasteiger partial charge is 0.573 e. The number of hydrogen-bond donors (Lipinski definition) is 1. The lowest BCUT2D eigenvalue weighted by molar-refractivity contribution is -0.387. The van der Waals surface area contributed by atoms with Crippen LogP contribution in [-0.2, 0) is 6.54 Å². The highest BCUT2D eigenvalue weighted by Gasteiger charge is 2.31. The first-order valence-electron chi connectivity index (χ1n) is 6.60. The fourth-order valence-corrected chi connectivity index (χ4v) is 2.30. The Hall–Kier alpha value is -2.25. The van der Waals surface area contributed by atoms with Gasteiger partial charge in [0.2, 0.25) is 0 Å². The minimum absolute atomic E-state index is 0. The van der Waals surface area contributed by atoms with Crippen molar-refractivity contribution in [1.29, 1.82) is 0 Å². The molecule has 0 saturated carbocycles. The second-order valence-corrected chi connectivity index (χ2v) is 4.67. The van der Waals surface area contributed by atoms with Crippen LogP contribution in [-0.4, -0.2) is 16.1 Å². The first-order valence-corrected chi connectivity index (χ1v) is 6.60. The first-order chi connectivity index (χ1) is 10.5. The minimum atomic E-state index is -4.69. The second kappa shape index (κ2) is 6.47. The number of nitrogens with zero attached hydrogens (tertiary/aromatic N) is 2. The van der Waals surface area contributed by atoms with E-state index < -0.39 is 6.36 Å². The van der Waals surface area contributed by atoms with Crippen molar-refractivity contribution in [3.05, 3.63) is 54.2 Å². The van der Waals surface area contributed by atoms with Crippen molar-refractivity contribution in [2.45, 2.75) is 12.9 Å². The van der Waals surface area contributed by atoms with Crippen molar-refractivity contribution < 1.29 is 36.0 Å². The molecule has 0 fully saturated rings. The molecule has 1 heterocycles. The SMILES string of the molecule is [Cl-].[NH3+]Cc1nn(-c2ccc(OC(F)(F)F)cc2)c2ccccc12. The van der Waals surface area contributed by atoms with Gasteiger partial charge < -0.3 is 22.9 Å². The van der Waals surface area contributed by atoms with Crippen LogP contribution in [0.5, 0.6) is 5.75 Å². The van der Waals surface area contributed by atoms with Gasteiger partial charge in [-0.3, -0.25) is 0 Å². The Bertz CT molecular complexity index is 800. The molecule has 3 N–H and O–H groups in total. The summed E-state index contributed by atoms with van der Waals surface area (Å²) in [4.78, 5) is 0. The molecule has 0 atom stereocenters. The van der Waals surface area contributed by atoms with Crippen molar-refractivity contribution in [3.8, 4) is 11.4 Å². The number of rotatable bonds is 3. The normalized spacial score (nSPS) is 11.3. The quantitative estimate of drug-likeness (QED) is 0.708. The lowest BCUT2D eigenvalue weighted by Gasteiger charge is -2.09. The largest absolute Gasteiger partial charge is 1.00 e. The molecule has 0 aliphatic rings. The fourth-order valence-electron chi connectivity index (χ4n) is 2.30. The minimum Gasteiger partial charge on any atom is -1.00 e. The van der Waals surface area contributed by atoms with Gasteiger partial charge in [-0.25, -0.2) is 4.68 Å². The zero-order chi connectivity index (χ0) is 15.7. The molecule has 122 valence electrons. The molecule has 2 aromatic carbocycles. The molecule has 8 heteroatoms. The number of benzene rings is 2. The average molecular weight is 344 g/mol. The topological polar surface area (TPSA) is 54.7 Å². The van der Waals surface area contributed by atoms with Crippen LogP contribution in [0.15, 0.2) is 48.5 Å². The number of alkyl halides is 3. The van der Waals surface area contributed by atoms with E-state index in [1.54, 1.807) is 4.68 Å². The van der Waals surface area contributed by atoms with Gasteiger partial charge in [-0.15, -0.1) is 13.2 Å². The van der Waals surface area contributed by atoms with Crippen LogP contribution in [0, 0.1) is 0 Å². The molecule has 0 unspecified atom stereocenters. The van der Waals surface area contributed by atoms with Gasteiger partial charge in [0.25, 0.3) is 0 Å². The number of quaternary nitrogens is 1. The van der Waals surface area contributed by atoms with E-state index in [0.717, 1.165) is 16.6 Å². The van der Waals surface area contributed by atoms with Gasteiger partial charge in [0.05, 0.1) is 11.2 Å². The van der Waals surface area contributed by atoms with Gasteiger partial charge in [0.15, 0.2) is 0 Å². The number of hydrogen-bond acceptors (Lipinski definition) is 2. The van der Waals surface area contributed by atoms with E-state index in [0.29, 0.717) is 12.2 Å². The highest BCUT2D eigenvalue weighted by Crippen LogP contribution is 2.26. The maximum absolute atomic E-state index is 12.2. The first kappa shape index (κ1) is 17.1. The van der Waals surface area contributed by atoms with E-state index in [-0.39, 0.29) is 18.2 Å². The van der Waals surface area contributed by atoms with Gasteiger partial charge >= 0.3 is 6.36 Å². The maximum atomic E-state index is 12.2. The predicted molar refractivity (Wildman–Crippen MR) is 74.3 cm³/mol. The van der Waals surface area contributed by atoms with Crippen LogP contribution in [0.3, 0.4) is 0 Å². The zero-order valence-electron chi connectivity index (χ0n) is 11.8. The molecule has 0 amide bonds. The Balaban J connectivity index is 0.00000192. The second-order valence-electron chi connectivity index (χ2n) is 4.67. The van der Waals surface area contributed by atoms with Crippen LogP contribution in [0.2, 0.25) is 0 Å². The molecule has 0 radical (unpaired) electrons. The summed E-state index contributed by atoms with van der Waals surface area (Å²) in [5, 5.41) is 5.45. The summed E-state index contributed by atoms with van der Waals surface area (Å²) < 4.78 is 42.1. The highest BCUT2D eigenvalue weighted by molar-refractivity contribution is 5.83. The van der Waals surface area contributed by atoms with Gasteiger partial charge in [-0.1, -0.05) is 18.2 Å². The Morgan fingerprint density at radius 1 is 1.04 bits per heavy atom. The van der Waals surface area contributed by atoms with E-state index >= 15 is 0 Å². The molecule has 4 nitrogen and oxygen atoms in total. The van der Waals surface area contributed by atoms with Crippen LogP contribution in [0.4, 0.5) is 13.2 Å². The third kappa shape index (κ3) is 3.57. The Morgan fingerprint density at radius 2 is 1.70 bits per heavy atom. The molecular formula is C15H13ClF3N3O. The Kier molecular flexibility index (Phi) is 4.82.